The number of nitrogens with zero attached hydrogens (tertiary/aromatic N) is 1. The highest BCUT2D eigenvalue weighted by Gasteiger charge is 2.24. The van der Waals surface area contributed by atoms with Crippen LogP contribution >= 0.6 is 0 Å². The molecule has 2 aliphatic heterocycles. The molecule has 5 nitrogen and oxygen atoms in total. The minimum absolute atomic E-state index is 0.0847. The van der Waals surface area contributed by atoms with Gasteiger partial charge in [-0.2, -0.15) is 0 Å². The molecular formula is C19H20N2O3. The number of hydrogen-bond acceptors (Lipinski definition) is 4. The lowest BCUT2D eigenvalue weighted by Gasteiger charge is -2.35. The molecule has 1 N–H and O–H groups in total. The summed E-state index contributed by atoms with van der Waals surface area (Å²) in [5.74, 6) is 0.620. The van der Waals surface area contributed by atoms with Crippen molar-refractivity contribution in [3.05, 3.63) is 53.6 Å². The number of nitrogens with one attached hydrogen (secondary N) is 1. The molecule has 0 saturated heterocycles. The van der Waals surface area contributed by atoms with E-state index in [9.17, 15) is 4.79 Å². The predicted molar refractivity (Wildman–Crippen MR) is 92.6 cm³/mol. The second-order valence-corrected chi connectivity index (χ2v) is 6.24. The van der Waals surface area contributed by atoms with E-state index in [0.717, 1.165) is 36.5 Å². The number of carbonyl (C=O) groups is 1. The second-order valence-electron chi connectivity index (χ2n) is 6.24. The summed E-state index contributed by atoms with van der Waals surface area (Å²) in [6.45, 7) is 1.70. The van der Waals surface area contributed by atoms with Crippen LogP contribution in [-0.2, 0) is 22.5 Å². The number of rotatable bonds is 3. The van der Waals surface area contributed by atoms with Crippen LogP contribution in [0.15, 0.2) is 42.5 Å². The number of fused-ring (bicyclic) bond motifs is 2. The quantitative estimate of drug-likeness (QED) is 0.943. The van der Waals surface area contributed by atoms with E-state index in [-0.39, 0.29) is 18.6 Å². The van der Waals surface area contributed by atoms with Crippen molar-refractivity contribution in [2.45, 2.75) is 19.1 Å². The first-order valence-electron chi connectivity index (χ1n) is 8.14. The van der Waals surface area contributed by atoms with Crippen molar-refractivity contribution >= 4 is 17.3 Å². The van der Waals surface area contributed by atoms with Gasteiger partial charge in [0.05, 0.1) is 11.8 Å². The standard InChI is InChI=1S/C19H20N2O3/c1-23-15-9-14-4-2-3-5-17(14)21(11-15)10-13-6-7-18-16(8-13)20-19(22)12-24-18/h2-8,15H,9-12H2,1H3,(H,20,22)/t15-/m0/s1. The van der Waals surface area contributed by atoms with Crippen LogP contribution in [0, 0.1) is 0 Å². The van der Waals surface area contributed by atoms with Crippen molar-refractivity contribution in [1.29, 1.82) is 0 Å². The van der Waals surface area contributed by atoms with Crippen LogP contribution in [0.2, 0.25) is 0 Å². The molecule has 0 saturated carbocycles. The molecule has 1 amide bonds. The maximum absolute atomic E-state index is 11.5. The van der Waals surface area contributed by atoms with Crippen molar-refractivity contribution in [3.8, 4) is 5.75 Å². The fraction of sp³-hybridized carbons (Fsp3) is 0.316. The Morgan fingerprint density at radius 2 is 2.17 bits per heavy atom. The molecule has 2 heterocycles. The Hall–Kier alpha value is -2.53. The van der Waals surface area contributed by atoms with Gasteiger partial charge in [-0.25, -0.2) is 0 Å². The molecule has 0 spiro atoms. The third kappa shape index (κ3) is 2.83. The lowest BCUT2D eigenvalue weighted by atomic mass is 9.99. The summed E-state index contributed by atoms with van der Waals surface area (Å²) in [5, 5.41) is 2.87. The van der Waals surface area contributed by atoms with Gasteiger partial charge in [-0.1, -0.05) is 24.3 Å². The molecule has 0 radical (unpaired) electrons. The van der Waals surface area contributed by atoms with E-state index >= 15 is 0 Å². The van der Waals surface area contributed by atoms with Crippen LogP contribution in [0.3, 0.4) is 0 Å². The Morgan fingerprint density at radius 3 is 3.04 bits per heavy atom. The van der Waals surface area contributed by atoms with Gasteiger partial charge >= 0.3 is 0 Å². The van der Waals surface area contributed by atoms with Gasteiger partial charge in [0, 0.05) is 32.3 Å². The Balaban J connectivity index is 1.61. The third-order valence-electron chi connectivity index (χ3n) is 4.59. The maximum Gasteiger partial charge on any atom is 0.262 e. The number of methoxy groups -OCH3 is 1. The largest absolute Gasteiger partial charge is 0.482 e. The molecule has 124 valence electrons. The summed E-state index contributed by atoms with van der Waals surface area (Å²) >= 11 is 0. The van der Waals surface area contributed by atoms with E-state index in [0.29, 0.717) is 0 Å². The van der Waals surface area contributed by atoms with E-state index in [1.165, 1.54) is 11.3 Å². The monoisotopic (exact) mass is 324 g/mol. The summed E-state index contributed by atoms with van der Waals surface area (Å²) in [4.78, 5) is 13.8. The van der Waals surface area contributed by atoms with Crippen molar-refractivity contribution in [1.82, 2.24) is 0 Å². The molecule has 24 heavy (non-hydrogen) atoms. The fourth-order valence-corrected chi connectivity index (χ4v) is 3.40. The first-order valence-corrected chi connectivity index (χ1v) is 8.14. The highest BCUT2D eigenvalue weighted by atomic mass is 16.5. The molecular weight excluding hydrogens is 304 g/mol. The summed E-state index contributed by atoms with van der Waals surface area (Å²) in [5.41, 5.74) is 4.44. The van der Waals surface area contributed by atoms with Crippen LogP contribution in [0.5, 0.6) is 5.75 Å². The van der Waals surface area contributed by atoms with E-state index < -0.39 is 0 Å². The average Bonchev–Trinajstić information content (AvgIpc) is 2.61. The van der Waals surface area contributed by atoms with Gasteiger partial charge in [-0.05, 0) is 29.3 Å². The maximum atomic E-state index is 11.5. The van der Waals surface area contributed by atoms with Crippen LogP contribution in [0.1, 0.15) is 11.1 Å². The Morgan fingerprint density at radius 1 is 1.29 bits per heavy atom. The molecule has 0 aromatic heterocycles. The van der Waals surface area contributed by atoms with Gasteiger partial charge in [-0.3, -0.25) is 4.79 Å². The number of carbonyl (C=O) groups excluding carboxylic acids is 1. The van der Waals surface area contributed by atoms with E-state index in [2.05, 4.69) is 40.5 Å². The van der Waals surface area contributed by atoms with Crippen LogP contribution < -0.4 is 15.0 Å². The Bertz CT molecular complexity index is 775. The van der Waals surface area contributed by atoms with Gasteiger partial charge in [-0.15, -0.1) is 0 Å². The normalized spacial score (nSPS) is 19.1. The number of amides is 1. The minimum Gasteiger partial charge on any atom is -0.482 e. The molecule has 0 bridgehead atoms. The zero-order valence-electron chi connectivity index (χ0n) is 13.6. The molecule has 2 aromatic rings. The first-order chi connectivity index (χ1) is 11.7. The topological polar surface area (TPSA) is 50.8 Å². The number of anilines is 2. The first kappa shape index (κ1) is 15.0. The molecule has 4 rings (SSSR count). The summed E-state index contributed by atoms with van der Waals surface area (Å²) in [6.07, 6.45) is 1.14. The summed E-state index contributed by atoms with van der Waals surface area (Å²) < 4.78 is 11.0. The second kappa shape index (κ2) is 6.17. The van der Waals surface area contributed by atoms with E-state index in [1.54, 1.807) is 7.11 Å². The molecule has 5 heteroatoms. The number of ether oxygens (including phenoxy) is 2. The average molecular weight is 324 g/mol. The minimum atomic E-state index is -0.109. The van der Waals surface area contributed by atoms with Crippen molar-refractivity contribution < 1.29 is 14.3 Å². The predicted octanol–water partition coefficient (Wildman–Crippen LogP) is 2.60. The van der Waals surface area contributed by atoms with Crippen molar-refractivity contribution in [3.63, 3.8) is 0 Å². The highest BCUT2D eigenvalue weighted by molar-refractivity contribution is 5.95. The molecule has 2 aromatic carbocycles. The van der Waals surface area contributed by atoms with Gasteiger partial charge in [0.15, 0.2) is 6.61 Å². The molecule has 1 atom stereocenters. The zero-order chi connectivity index (χ0) is 16.5. The van der Waals surface area contributed by atoms with Crippen LogP contribution in [0.25, 0.3) is 0 Å². The highest BCUT2D eigenvalue weighted by Crippen LogP contribution is 2.32. The van der Waals surface area contributed by atoms with Crippen LogP contribution in [0.4, 0.5) is 11.4 Å². The number of hydrogen-bond donors (Lipinski definition) is 1. The SMILES string of the molecule is CO[C@H]1Cc2ccccc2N(Cc2ccc3c(c2)NC(=O)CO3)C1. The molecule has 0 aliphatic carbocycles. The molecule has 2 aliphatic rings. The third-order valence-corrected chi connectivity index (χ3v) is 4.59. The van der Waals surface area contributed by atoms with Crippen molar-refractivity contribution in [2.75, 3.05) is 30.5 Å². The fourth-order valence-electron chi connectivity index (χ4n) is 3.40. The van der Waals surface area contributed by atoms with Crippen LogP contribution in [-0.4, -0.2) is 32.3 Å². The van der Waals surface area contributed by atoms with Gasteiger partial charge in [0.1, 0.15) is 5.75 Å². The van der Waals surface area contributed by atoms with Gasteiger partial charge < -0.3 is 19.7 Å². The Labute approximate surface area is 141 Å². The lowest BCUT2D eigenvalue weighted by molar-refractivity contribution is -0.118. The van der Waals surface area contributed by atoms with Crippen molar-refractivity contribution in [2.24, 2.45) is 0 Å². The van der Waals surface area contributed by atoms with E-state index in [4.69, 9.17) is 9.47 Å². The summed E-state index contributed by atoms with van der Waals surface area (Å²) in [6, 6.07) is 14.4. The number of para-hydroxylation sites is 1. The summed E-state index contributed by atoms with van der Waals surface area (Å²) in [7, 11) is 1.77. The van der Waals surface area contributed by atoms with Gasteiger partial charge in [0.25, 0.3) is 5.91 Å². The number of benzene rings is 2. The lowest BCUT2D eigenvalue weighted by Crippen LogP contribution is -2.39. The Kier molecular flexibility index (Phi) is 3.86. The smallest absolute Gasteiger partial charge is 0.262 e. The van der Waals surface area contributed by atoms with Gasteiger partial charge in [0.2, 0.25) is 0 Å². The zero-order valence-corrected chi connectivity index (χ0v) is 13.6. The van der Waals surface area contributed by atoms with E-state index in [1.807, 2.05) is 12.1 Å². The molecule has 0 fully saturated rings. The molecule has 0 unspecified atom stereocenters.